The molecule has 0 unspecified atom stereocenters. The second-order valence-corrected chi connectivity index (χ2v) is 11.7. The molecule has 12 nitrogen and oxygen atoms in total. The number of fused-ring (bicyclic) bond motifs is 3. The van der Waals surface area contributed by atoms with Crippen molar-refractivity contribution in [1.82, 2.24) is 35.8 Å². The smallest absolute Gasteiger partial charge is 0.270 e. The van der Waals surface area contributed by atoms with Crippen LogP contribution in [0, 0.1) is 6.92 Å². The van der Waals surface area contributed by atoms with Crippen LogP contribution in [0.15, 0.2) is 54.0 Å². The van der Waals surface area contributed by atoms with Crippen LogP contribution in [0.1, 0.15) is 39.6 Å². The summed E-state index contributed by atoms with van der Waals surface area (Å²) in [7, 11) is 0. The maximum absolute atomic E-state index is 13.4. The number of nitrogens with one attached hydrogen (secondary N) is 5. The Hall–Kier alpha value is -4.78. The summed E-state index contributed by atoms with van der Waals surface area (Å²) in [6, 6.07) is 12.0. The number of aromatic amines is 1. The Morgan fingerprint density at radius 1 is 0.977 bits per heavy atom. The number of benzene rings is 1. The lowest BCUT2D eigenvalue weighted by atomic mass is 10.0. The van der Waals surface area contributed by atoms with E-state index >= 15 is 0 Å². The summed E-state index contributed by atoms with van der Waals surface area (Å²) in [5.74, 6) is -0.785. The van der Waals surface area contributed by atoms with Gasteiger partial charge in [-0.3, -0.25) is 19.2 Å². The van der Waals surface area contributed by atoms with E-state index in [1.54, 1.807) is 23.1 Å². The van der Waals surface area contributed by atoms with Gasteiger partial charge < -0.3 is 31.2 Å². The zero-order valence-electron chi connectivity index (χ0n) is 24.5. The van der Waals surface area contributed by atoms with Crippen molar-refractivity contribution in [2.45, 2.75) is 38.6 Å². The molecule has 44 heavy (non-hydrogen) atoms. The number of hydrogen-bond acceptors (Lipinski definition) is 8. The average Bonchev–Trinajstić information content (AvgIpc) is 3.63. The Bertz CT molecular complexity index is 1630. The number of hydrogen-bond donors (Lipinski definition) is 5. The SMILES string of the molecule is Cc1nc(CC(=O)N2CCCCNC(=O)[C@H](Cc3c[nH]c4ccccc34)NC(=O)c3cccc(n3)NCCNC(=O)C2)cs1. The third-order valence-electron chi connectivity index (χ3n) is 7.30. The number of rotatable bonds is 4. The molecule has 5 rings (SSSR count). The van der Waals surface area contributed by atoms with E-state index in [4.69, 9.17) is 0 Å². The average molecular weight is 617 g/mol. The number of para-hydroxylation sites is 1. The number of amides is 4. The van der Waals surface area contributed by atoms with Gasteiger partial charge in [0.15, 0.2) is 0 Å². The van der Waals surface area contributed by atoms with Crippen molar-refractivity contribution in [3.8, 4) is 0 Å². The quantitative estimate of drug-likeness (QED) is 0.235. The highest BCUT2D eigenvalue weighted by atomic mass is 32.1. The molecule has 0 aliphatic carbocycles. The molecule has 0 saturated heterocycles. The molecule has 230 valence electrons. The van der Waals surface area contributed by atoms with Crippen molar-refractivity contribution < 1.29 is 19.2 Å². The van der Waals surface area contributed by atoms with Gasteiger partial charge in [-0.1, -0.05) is 24.3 Å². The summed E-state index contributed by atoms with van der Waals surface area (Å²) in [4.78, 5) is 66.1. The van der Waals surface area contributed by atoms with E-state index in [1.165, 1.54) is 11.3 Å². The van der Waals surface area contributed by atoms with Crippen LogP contribution in [-0.2, 0) is 27.2 Å². The number of pyridine rings is 1. The van der Waals surface area contributed by atoms with Crippen LogP contribution in [0.3, 0.4) is 0 Å². The van der Waals surface area contributed by atoms with Crippen molar-refractivity contribution in [2.24, 2.45) is 0 Å². The Kier molecular flexibility index (Phi) is 10.2. The van der Waals surface area contributed by atoms with Gasteiger partial charge in [0.25, 0.3) is 5.91 Å². The lowest BCUT2D eigenvalue weighted by Crippen LogP contribution is -2.48. The molecule has 0 spiro atoms. The molecular formula is C31H36N8O4S. The highest BCUT2D eigenvalue weighted by Gasteiger charge is 2.24. The van der Waals surface area contributed by atoms with Crippen LogP contribution in [0.25, 0.3) is 10.9 Å². The fraction of sp³-hybridized carbons (Fsp3) is 0.355. The minimum absolute atomic E-state index is 0.0762. The normalized spacial score (nSPS) is 17.4. The van der Waals surface area contributed by atoms with E-state index in [-0.39, 0.29) is 42.8 Å². The summed E-state index contributed by atoms with van der Waals surface area (Å²) in [6.45, 7) is 3.17. The molecule has 1 atom stereocenters. The molecular weight excluding hydrogens is 580 g/mol. The van der Waals surface area contributed by atoms with Gasteiger partial charge in [-0.25, -0.2) is 9.97 Å². The highest BCUT2D eigenvalue weighted by Crippen LogP contribution is 2.19. The monoisotopic (exact) mass is 616 g/mol. The Labute approximate surface area is 259 Å². The van der Waals surface area contributed by atoms with Crippen molar-refractivity contribution in [3.05, 3.63) is 76.0 Å². The van der Waals surface area contributed by atoms with E-state index in [0.717, 1.165) is 21.5 Å². The highest BCUT2D eigenvalue weighted by molar-refractivity contribution is 7.09. The van der Waals surface area contributed by atoms with Crippen LogP contribution in [0.4, 0.5) is 5.82 Å². The van der Waals surface area contributed by atoms with Gasteiger partial charge in [-0.2, -0.15) is 0 Å². The standard InChI is InChI=1S/C31H36N8O4S/c1-20-36-22(19-44-20)16-29(41)39-14-5-4-11-34-30(42)26(15-21-17-35-24-8-3-2-7-23(21)24)38-31(43)25-9-6-10-27(37-25)32-12-13-33-28(40)18-39/h2-3,6-10,17,19,26,35H,4-5,11-16,18H2,1H3,(H,32,37)(H,33,40)(H,34,42)(H,38,43)/t26-/m0/s1. The minimum atomic E-state index is -0.844. The van der Waals surface area contributed by atoms with Crippen molar-refractivity contribution in [3.63, 3.8) is 0 Å². The van der Waals surface area contributed by atoms with E-state index in [1.807, 2.05) is 42.8 Å². The second-order valence-electron chi connectivity index (χ2n) is 10.6. The lowest BCUT2D eigenvalue weighted by molar-refractivity contribution is -0.135. The van der Waals surface area contributed by atoms with Crippen molar-refractivity contribution in [1.29, 1.82) is 0 Å². The topological polar surface area (TPSA) is 161 Å². The number of aryl methyl sites for hydroxylation is 1. The summed E-state index contributed by atoms with van der Waals surface area (Å²) >= 11 is 1.48. The van der Waals surface area contributed by atoms with Crippen LogP contribution >= 0.6 is 11.3 Å². The van der Waals surface area contributed by atoms with Crippen LogP contribution < -0.4 is 21.3 Å². The van der Waals surface area contributed by atoms with Gasteiger partial charge in [-0.15, -0.1) is 11.3 Å². The molecule has 3 aromatic heterocycles. The Morgan fingerprint density at radius 2 is 1.82 bits per heavy atom. The molecule has 4 aromatic rings. The third kappa shape index (κ3) is 8.19. The first kappa shape index (κ1) is 30.7. The Balaban J connectivity index is 1.31. The third-order valence-corrected chi connectivity index (χ3v) is 8.12. The summed E-state index contributed by atoms with van der Waals surface area (Å²) < 4.78 is 0. The van der Waals surface area contributed by atoms with Gasteiger partial charge in [0.2, 0.25) is 17.7 Å². The number of nitrogens with zero attached hydrogens (tertiary/aromatic N) is 3. The molecule has 0 saturated carbocycles. The van der Waals surface area contributed by atoms with Crippen molar-refractivity contribution in [2.75, 3.05) is 38.0 Å². The van der Waals surface area contributed by atoms with E-state index < -0.39 is 11.9 Å². The van der Waals surface area contributed by atoms with Crippen LogP contribution in [0.2, 0.25) is 0 Å². The van der Waals surface area contributed by atoms with E-state index in [0.29, 0.717) is 50.5 Å². The molecule has 4 heterocycles. The van der Waals surface area contributed by atoms with Gasteiger partial charge in [0.05, 0.1) is 23.7 Å². The van der Waals surface area contributed by atoms with E-state index in [2.05, 4.69) is 36.2 Å². The maximum atomic E-state index is 13.4. The first-order chi connectivity index (χ1) is 21.4. The molecule has 13 heteroatoms. The zero-order valence-corrected chi connectivity index (χ0v) is 25.3. The molecule has 0 fully saturated rings. The number of anilines is 1. The van der Waals surface area contributed by atoms with Crippen molar-refractivity contribution >= 4 is 51.7 Å². The van der Waals surface area contributed by atoms with Crippen LogP contribution in [-0.4, -0.2) is 82.2 Å². The zero-order chi connectivity index (χ0) is 30.9. The van der Waals surface area contributed by atoms with E-state index in [9.17, 15) is 19.2 Å². The van der Waals surface area contributed by atoms with Gasteiger partial charge in [-0.05, 0) is 43.5 Å². The van der Waals surface area contributed by atoms with Gasteiger partial charge in [0, 0.05) is 55.1 Å². The molecule has 0 radical (unpaired) electrons. The molecule has 5 N–H and O–H groups in total. The first-order valence-electron chi connectivity index (χ1n) is 14.7. The largest absolute Gasteiger partial charge is 0.368 e. The summed E-state index contributed by atoms with van der Waals surface area (Å²) in [6.07, 6.45) is 3.41. The number of thiazole rings is 1. The van der Waals surface area contributed by atoms with Gasteiger partial charge >= 0.3 is 0 Å². The number of carbonyl (C=O) groups is 4. The maximum Gasteiger partial charge on any atom is 0.270 e. The first-order valence-corrected chi connectivity index (χ1v) is 15.5. The fourth-order valence-corrected chi connectivity index (χ4v) is 5.67. The second kappa shape index (κ2) is 14.6. The van der Waals surface area contributed by atoms with Gasteiger partial charge in [0.1, 0.15) is 17.6 Å². The molecule has 1 aromatic carbocycles. The molecule has 1 aliphatic heterocycles. The predicted octanol–water partition coefficient (Wildman–Crippen LogP) is 2.18. The summed E-state index contributed by atoms with van der Waals surface area (Å²) in [5.41, 5.74) is 2.70. The number of aromatic nitrogens is 3. The number of carbonyl (C=O) groups excluding carboxylic acids is 4. The predicted molar refractivity (Wildman–Crippen MR) is 168 cm³/mol. The molecule has 2 bridgehead atoms. The van der Waals surface area contributed by atoms with Crippen LogP contribution in [0.5, 0.6) is 0 Å². The number of H-pyrrole nitrogens is 1. The molecule has 1 aliphatic rings. The minimum Gasteiger partial charge on any atom is -0.368 e. The lowest BCUT2D eigenvalue weighted by Gasteiger charge is -2.22. The summed E-state index contributed by atoms with van der Waals surface area (Å²) in [5, 5.41) is 15.5. The molecule has 4 amide bonds. The fourth-order valence-electron chi connectivity index (χ4n) is 5.05. The Morgan fingerprint density at radius 3 is 2.66 bits per heavy atom.